The second-order valence-electron chi connectivity index (χ2n) is 6.18. The van der Waals surface area contributed by atoms with Gasteiger partial charge in [0.15, 0.2) is 0 Å². The first-order chi connectivity index (χ1) is 9.22. The number of nitrogens with two attached hydrogens (primary N) is 1. The van der Waals surface area contributed by atoms with Gasteiger partial charge in [0.25, 0.3) is 0 Å². The van der Waals surface area contributed by atoms with Crippen LogP contribution in [0, 0.1) is 11.8 Å². The van der Waals surface area contributed by atoms with E-state index in [0.29, 0.717) is 17.7 Å². The van der Waals surface area contributed by atoms with Crippen LogP contribution in [-0.2, 0) is 4.79 Å². The van der Waals surface area contributed by atoms with Crippen LogP contribution in [0.25, 0.3) is 0 Å². The molecule has 0 aromatic carbocycles. The monoisotopic (exact) mass is 267 g/mol. The van der Waals surface area contributed by atoms with Gasteiger partial charge in [-0.25, -0.2) is 0 Å². The van der Waals surface area contributed by atoms with Gasteiger partial charge in [0.1, 0.15) is 0 Å². The van der Waals surface area contributed by atoms with Gasteiger partial charge in [0.2, 0.25) is 5.91 Å². The summed E-state index contributed by atoms with van der Waals surface area (Å²) < 4.78 is 0. The number of piperazine rings is 1. The van der Waals surface area contributed by atoms with Crippen molar-refractivity contribution in [1.82, 2.24) is 9.80 Å². The van der Waals surface area contributed by atoms with Crippen LogP contribution in [0.15, 0.2) is 0 Å². The fourth-order valence-corrected chi connectivity index (χ4v) is 3.42. The average Bonchev–Trinajstić information content (AvgIpc) is 2.85. The first-order valence-corrected chi connectivity index (χ1v) is 7.93. The van der Waals surface area contributed by atoms with Crippen molar-refractivity contribution in [3.05, 3.63) is 0 Å². The van der Waals surface area contributed by atoms with E-state index in [1.807, 2.05) is 0 Å². The van der Waals surface area contributed by atoms with Crippen LogP contribution in [0.4, 0.5) is 0 Å². The minimum Gasteiger partial charge on any atom is -0.340 e. The van der Waals surface area contributed by atoms with Crippen molar-refractivity contribution in [2.75, 3.05) is 39.3 Å². The predicted octanol–water partition coefficient (Wildman–Crippen LogP) is 1.31. The minimum atomic E-state index is 0.309. The molecule has 1 aliphatic heterocycles. The number of unbranched alkanes of at least 4 members (excludes halogenated alkanes) is 1. The van der Waals surface area contributed by atoms with E-state index >= 15 is 0 Å². The molecule has 2 unspecified atom stereocenters. The molecule has 0 spiro atoms. The standard InChI is InChI=1S/C15H29N3O/c1-13-5-4-6-14(13)15(19)18-11-9-17(10-12-18)8-3-2-7-16/h13-14H,2-12,16H2,1H3. The zero-order valence-corrected chi connectivity index (χ0v) is 12.3. The molecule has 0 bridgehead atoms. The Morgan fingerprint density at radius 1 is 1.16 bits per heavy atom. The Kier molecular flexibility index (Phi) is 5.64. The van der Waals surface area contributed by atoms with E-state index in [0.717, 1.165) is 52.1 Å². The summed E-state index contributed by atoms with van der Waals surface area (Å²) >= 11 is 0. The zero-order valence-electron chi connectivity index (χ0n) is 12.3. The lowest BCUT2D eigenvalue weighted by Gasteiger charge is -2.36. The van der Waals surface area contributed by atoms with E-state index < -0.39 is 0 Å². The van der Waals surface area contributed by atoms with Crippen LogP contribution in [0.1, 0.15) is 39.0 Å². The van der Waals surface area contributed by atoms with Crippen molar-refractivity contribution >= 4 is 5.91 Å². The highest BCUT2D eigenvalue weighted by atomic mass is 16.2. The molecule has 1 saturated heterocycles. The molecule has 2 fully saturated rings. The quantitative estimate of drug-likeness (QED) is 0.764. The van der Waals surface area contributed by atoms with E-state index in [4.69, 9.17) is 5.73 Å². The van der Waals surface area contributed by atoms with Crippen molar-refractivity contribution in [2.45, 2.75) is 39.0 Å². The molecule has 0 aromatic heterocycles. The van der Waals surface area contributed by atoms with Gasteiger partial charge >= 0.3 is 0 Å². The van der Waals surface area contributed by atoms with Crippen molar-refractivity contribution in [3.8, 4) is 0 Å². The Morgan fingerprint density at radius 2 is 1.89 bits per heavy atom. The van der Waals surface area contributed by atoms with Gasteiger partial charge in [-0.1, -0.05) is 13.3 Å². The summed E-state index contributed by atoms with van der Waals surface area (Å²) in [7, 11) is 0. The summed E-state index contributed by atoms with van der Waals surface area (Å²) in [5.74, 6) is 1.32. The van der Waals surface area contributed by atoms with E-state index in [9.17, 15) is 4.79 Å². The highest BCUT2D eigenvalue weighted by Crippen LogP contribution is 2.32. The third kappa shape index (κ3) is 3.93. The van der Waals surface area contributed by atoms with Crippen LogP contribution in [-0.4, -0.2) is 55.0 Å². The molecule has 1 heterocycles. The molecular formula is C15H29N3O. The largest absolute Gasteiger partial charge is 0.340 e. The maximum absolute atomic E-state index is 12.5. The molecule has 4 nitrogen and oxygen atoms in total. The van der Waals surface area contributed by atoms with Gasteiger partial charge in [0, 0.05) is 32.1 Å². The maximum atomic E-state index is 12.5. The third-order valence-corrected chi connectivity index (χ3v) is 4.79. The van der Waals surface area contributed by atoms with Crippen molar-refractivity contribution in [3.63, 3.8) is 0 Å². The maximum Gasteiger partial charge on any atom is 0.226 e. The minimum absolute atomic E-state index is 0.309. The molecule has 4 heteroatoms. The van der Waals surface area contributed by atoms with Crippen molar-refractivity contribution in [1.29, 1.82) is 0 Å². The number of amides is 1. The van der Waals surface area contributed by atoms with Gasteiger partial charge in [-0.05, 0) is 44.7 Å². The van der Waals surface area contributed by atoms with Crippen LogP contribution < -0.4 is 5.73 Å². The van der Waals surface area contributed by atoms with Crippen molar-refractivity contribution < 1.29 is 4.79 Å². The van der Waals surface area contributed by atoms with E-state index in [1.54, 1.807) is 0 Å². The zero-order chi connectivity index (χ0) is 13.7. The van der Waals surface area contributed by atoms with E-state index in [-0.39, 0.29) is 0 Å². The van der Waals surface area contributed by atoms with E-state index in [1.165, 1.54) is 19.3 Å². The summed E-state index contributed by atoms with van der Waals surface area (Å²) in [4.78, 5) is 17.0. The number of carbonyl (C=O) groups excluding carboxylic acids is 1. The van der Waals surface area contributed by atoms with Gasteiger partial charge in [0.05, 0.1) is 0 Å². The highest BCUT2D eigenvalue weighted by molar-refractivity contribution is 5.79. The molecule has 1 amide bonds. The second-order valence-corrected chi connectivity index (χ2v) is 6.18. The fourth-order valence-electron chi connectivity index (χ4n) is 3.42. The molecule has 2 N–H and O–H groups in total. The Balaban J connectivity index is 1.72. The van der Waals surface area contributed by atoms with Gasteiger partial charge in [-0.3, -0.25) is 9.69 Å². The first kappa shape index (κ1) is 14.8. The normalized spacial score (nSPS) is 28.8. The number of hydrogen-bond acceptors (Lipinski definition) is 3. The molecular weight excluding hydrogens is 238 g/mol. The first-order valence-electron chi connectivity index (χ1n) is 7.93. The van der Waals surface area contributed by atoms with Crippen LogP contribution in [0.5, 0.6) is 0 Å². The molecule has 19 heavy (non-hydrogen) atoms. The Hall–Kier alpha value is -0.610. The molecule has 0 aromatic rings. The third-order valence-electron chi connectivity index (χ3n) is 4.79. The van der Waals surface area contributed by atoms with E-state index in [2.05, 4.69) is 16.7 Å². The lowest BCUT2D eigenvalue weighted by Crippen LogP contribution is -2.50. The summed E-state index contributed by atoms with van der Waals surface area (Å²) in [6.07, 6.45) is 5.87. The highest BCUT2D eigenvalue weighted by Gasteiger charge is 2.33. The van der Waals surface area contributed by atoms with Crippen LogP contribution in [0.2, 0.25) is 0 Å². The molecule has 0 radical (unpaired) electrons. The molecule has 1 aliphatic carbocycles. The van der Waals surface area contributed by atoms with Gasteiger partial charge in [-0.15, -0.1) is 0 Å². The smallest absolute Gasteiger partial charge is 0.226 e. The Morgan fingerprint density at radius 3 is 2.47 bits per heavy atom. The average molecular weight is 267 g/mol. The Bertz CT molecular complexity index is 287. The van der Waals surface area contributed by atoms with Gasteiger partial charge in [-0.2, -0.15) is 0 Å². The number of hydrogen-bond donors (Lipinski definition) is 1. The number of rotatable bonds is 5. The molecule has 1 saturated carbocycles. The summed E-state index contributed by atoms with van der Waals surface area (Å²) in [6.45, 7) is 8.08. The molecule has 2 atom stereocenters. The molecule has 2 rings (SSSR count). The summed E-state index contributed by atoms with van der Waals surface area (Å²) in [5.41, 5.74) is 5.52. The predicted molar refractivity (Wildman–Crippen MR) is 77.8 cm³/mol. The van der Waals surface area contributed by atoms with Crippen LogP contribution >= 0.6 is 0 Å². The number of carbonyl (C=O) groups is 1. The SMILES string of the molecule is CC1CCCC1C(=O)N1CCN(CCCCN)CC1. The lowest BCUT2D eigenvalue weighted by molar-refractivity contribution is -0.138. The fraction of sp³-hybridized carbons (Fsp3) is 0.933. The second kappa shape index (κ2) is 7.25. The number of nitrogens with zero attached hydrogens (tertiary/aromatic N) is 2. The molecule has 2 aliphatic rings. The lowest BCUT2D eigenvalue weighted by atomic mass is 9.96. The van der Waals surface area contributed by atoms with Crippen molar-refractivity contribution in [2.24, 2.45) is 17.6 Å². The molecule has 110 valence electrons. The van der Waals surface area contributed by atoms with Gasteiger partial charge < -0.3 is 10.6 Å². The van der Waals surface area contributed by atoms with Crippen LogP contribution in [0.3, 0.4) is 0 Å². The summed E-state index contributed by atoms with van der Waals surface area (Å²) in [6, 6.07) is 0. The topological polar surface area (TPSA) is 49.6 Å². The Labute approximate surface area is 117 Å². The summed E-state index contributed by atoms with van der Waals surface area (Å²) in [5, 5.41) is 0.